The van der Waals surface area contributed by atoms with E-state index in [1.165, 1.54) is 5.56 Å². The number of carbonyl (C=O) groups is 1. The minimum atomic E-state index is -1.57. The van der Waals surface area contributed by atoms with Crippen molar-refractivity contribution in [3.63, 3.8) is 0 Å². The number of carbonyl (C=O) groups excluding carboxylic acids is 1. The molecule has 1 saturated heterocycles. The van der Waals surface area contributed by atoms with Gasteiger partial charge in [-0.25, -0.2) is 0 Å². The highest BCUT2D eigenvalue weighted by Crippen LogP contribution is 2.29. The summed E-state index contributed by atoms with van der Waals surface area (Å²) in [6.07, 6.45) is 1.83. The fourth-order valence-electron chi connectivity index (χ4n) is 4.08. The van der Waals surface area contributed by atoms with Gasteiger partial charge in [-0.1, -0.05) is 36.4 Å². The van der Waals surface area contributed by atoms with Crippen LogP contribution >= 0.6 is 0 Å². The molecule has 1 aromatic heterocycles. The van der Waals surface area contributed by atoms with Gasteiger partial charge >= 0.3 is 7.12 Å². The fourth-order valence-corrected chi connectivity index (χ4v) is 4.08. The largest absolute Gasteiger partial charge is 0.489 e. The van der Waals surface area contributed by atoms with Gasteiger partial charge in [0.2, 0.25) is 0 Å². The van der Waals surface area contributed by atoms with Gasteiger partial charge in [-0.15, -0.1) is 0 Å². The van der Waals surface area contributed by atoms with Gasteiger partial charge in [0.25, 0.3) is 5.91 Å². The number of aromatic amines is 1. The maximum atomic E-state index is 12.9. The van der Waals surface area contributed by atoms with Crippen LogP contribution in [0.25, 0.3) is 10.9 Å². The number of nitrogens with zero attached hydrogens (tertiary/aromatic N) is 1. The summed E-state index contributed by atoms with van der Waals surface area (Å²) >= 11 is 0. The quantitative estimate of drug-likeness (QED) is 0.515. The lowest BCUT2D eigenvalue weighted by molar-refractivity contribution is 0.0708. The molecule has 5 N–H and O–H groups in total. The fraction of sp³-hybridized carbons (Fsp3) is 0.286. The number of likely N-dealkylation sites (tertiary alicyclic amines) is 1. The second-order valence-corrected chi connectivity index (χ2v) is 7.38. The number of nitrogens with one attached hydrogen (secondary N) is 1. The predicted octanol–water partition coefficient (Wildman–Crippen LogP) is 1.33. The van der Waals surface area contributed by atoms with E-state index in [0.29, 0.717) is 42.1 Å². The van der Waals surface area contributed by atoms with Gasteiger partial charge in [0, 0.05) is 25.2 Å². The molecule has 1 fully saturated rings. The molecule has 0 bridgehead atoms. The van der Waals surface area contributed by atoms with Crippen molar-refractivity contribution in [2.75, 3.05) is 13.1 Å². The van der Waals surface area contributed by atoms with Crippen LogP contribution in [-0.2, 0) is 6.54 Å². The van der Waals surface area contributed by atoms with E-state index in [2.05, 4.69) is 17.1 Å². The third-order valence-corrected chi connectivity index (χ3v) is 5.65. The van der Waals surface area contributed by atoms with Crippen LogP contribution in [0.1, 0.15) is 40.4 Å². The first-order chi connectivity index (χ1) is 13.6. The molecule has 2 heterocycles. The first kappa shape index (κ1) is 18.7. The Hall–Kier alpha value is -2.61. The van der Waals surface area contributed by atoms with Gasteiger partial charge in [0.05, 0.1) is 0 Å². The second-order valence-electron chi connectivity index (χ2n) is 7.38. The third-order valence-electron chi connectivity index (χ3n) is 5.65. The number of amides is 1. The van der Waals surface area contributed by atoms with Crippen LogP contribution in [0.4, 0.5) is 0 Å². The lowest BCUT2D eigenvalue weighted by atomic mass is 9.78. The molecule has 7 heteroatoms. The minimum absolute atomic E-state index is 0.0521. The summed E-state index contributed by atoms with van der Waals surface area (Å²) in [7, 11) is -1.57. The van der Waals surface area contributed by atoms with E-state index in [4.69, 9.17) is 5.73 Å². The second kappa shape index (κ2) is 7.79. The molecule has 0 saturated carbocycles. The summed E-state index contributed by atoms with van der Waals surface area (Å²) in [6, 6.07) is 15.3. The molecule has 1 amide bonds. The molecule has 0 unspecified atom stereocenters. The van der Waals surface area contributed by atoms with Crippen LogP contribution < -0.4 is 11.2 Å². The number of benzene rings is 2. The minimum Gasteiger partial charge on any atom is -0.423 e. The van der Waals surface area contributed by atoms with E-state index in [1.807, 2.05) is 23.1 Å². The van der Waals surface area contributed by atoms with Crippen molar-refractivity contribution in [1.29, 1.82) is 0 Å². The normalized spacial score (nSPS) is 15.2. The van der Waals surface area contributed by atoms with Crippen LogP contribution in [0, 0.1) is 0 Å². The summed E-state index contributed by atoms with van der Waals surface area (Å²) in [4.78, 5) is 17.9. The van der Waals surface area contributed by atoms with Crippen molar-refractivity contribution in [3.05, 3.63) is 65.4 Å². The molecular weight excluding hydrogens is 353 g/mol. The highest BCUT2D eigenvalue weighted by atomic mass is 16.4. The van der Waals surface area contributed by atoms with Crippen LogP contribution in [0.5, 0.6) is 0 Å². The number of hydrogen-bond acceptors (Lipinski definition) is 4. The van der Waals surface area contributed by atoms with E-state index in [1.54, 1.807) is 18.2 Å². The Labute approximate surface area is 164 Å². The molecule has 28 heavy (non-hydrogen) atoms. The monoisotopic (exact) mass is 377 g/mol. The number of hydrogen-bond donors (Lipinski definition) is 4. The van der Waals surface area contributed by atoms with Crippen LogP contribution in [0.2, 0.25) is 0 Å². The van der Waals surface area contributed by atoms with Crippen LogP contribution in [0.3, 0.4) is 0 Å². The molecule has 3 aromatic rings. The Kier molecular flexibility index (Phi) is 5.22. The lowest BCUT2D eigenvalue weighted by Crippen LogP contribution is -2.38. The van der Waals surface area contributed by atoms with Crippen LogP contribution in [-0.4, -0.2) is 46.0 Å². The average Bonchev–Trinajstić information content (AvgIpc) is 3.17. The molecule has 0 aliphatic carbocycles. The summed E-state index contributed by atoms with van der Waals surface area (Å²) in [6.45, 7) is 1.93. The number of aromatic nitrogens is 1. The predicted molar refractivity (Wildman–Crippen MR) is 110 cm³/mol. The zero-order valence-corrected chi connectivity index (χ0v) is 15.6. The SMILES string of the molecule is NCc1cccc(C2CCN(C(=O)c3cc4c(B(O)O)cccc4[nH]3)CC2)c1. The van der Waals surface area contributed by atoms with Gasteiger partial charge in [0.15, 0.2) is 0 Å². The number of H-pyrrole nitrogens is 1. The Morgan fingerprint density at radius 2 is 1.89 bits per heavy atom. The molecule has 1 aliphatic heterocycles. The summed E-state index contributed by atoms with van der Waals surface area (Å²) in [5, 5.41) is 19.7. The summed E-state index contributed by atoms with van der Waals surface area (Å²) in [5.41, 5.74) is 9.77. The van der Waals surface area contributed by atoms with Gasteiger partial charge in [-0.3, -0.25) is 4.79 Å². The number of piperidine rings is 1. The van der Waals surface area contributed by atoms with Crippen molar-refractivity contribution >= 4 is 29.4 Å². The number of rotatable bonds is 4. The molecule has 0 spiro atoms. The van der Waals surface area contributed by atoms with Gasteiger partial charge < -0.3 is 25.7 Å². The Bertz CT molecular complexity index is 993. The zero-order chi connectivity index (χ0) is 19.7. The Balaban J connectivity index is 1.48. The Morgan fingerprint density at radius 3 is 2.61 bits per heavy atom. The summed E-state index contributed by atoms with van der Waals surface area (Å²) < 4.78 is 0. The highest BCUT2D eigenvalue weighted by molar-refractivity contribution is 6.62. The average molecular weight is 377 g/mol. The molecule has 0 radical (unpaired) electrons. The zero-order valence-electron chi connectivity index (χ0n) is 15.6. The molecule has 2 aromatic carbocycles. The number of nitrogens with two attached hydrogens (primary N) is 1. The van der Waals surface area contributed by atoms with Crippen molar-refractivity contribution in [2.24, 2.45) is 5.73 Å². The molecule has 144 valence electrons. The first-order valence-corrected chi connectivity index (χ1v) is 9.62. The van der Waals surface area contributed by atoms with E-state index < -0.39 is 7.12 Å². The maximum Gasteiger partial charge on any atom is 0.489 e. The van der Waals surface area contributed by atoms with Crippen molar-refractivity contribution in [2.45, 2.75) is 25.3 Å². The molecule has 1 aliphatic rings. The van der Waals surface area contributed by atoms with Crippen LogP contribution in [0.15, 0.2) is 48.5 Å². The van der Waals surface area contributed by atoms with E-state index in [9.17, 15) is 14.8 Å². The Morgan fingerprint density at radius 1 is 1.14 bits per heavy atom. The topological polar surface area (TPSA) is 103 Å². The van der Waals surface area contributed by atoms with Gasteiger partial charge in [-0.05, 0) is 52.9 Å². The van der Waals surface area contributed by atoms with Crippen molar-refractivity contribution in [3.8, 4) is 0 Å². The molecule has 6 nitrogen and oxygen atoms in total. The first-order valence-electron chi connectivity index (χ1n) is 9.62. The van der Waals surface area contributed by atoms with Gasteiger partial charge in [-0.2, -0.15) is 0 Å². The van der Waals surface area contributed by atoms with Crippen molar-refractivity contribution in [1.82, 2.24) is 9.88 Å². The maximum absolute atomic E-state index is 12.9. The number of fused-ring (bicyclic) bond motifs is 1. The van der Waals surface area contributed by atoms with E-state index in [0.717, 1.165) is 23.9 Å². The summed E-state index contributed by atoms with van der Waals surface area (Å²) in [5.74, 6) is 0.387. The molecule has 4 rings (SSSR count). The molecular formula is C21H24BN3O3. The molecule has 0 atom stereocenters. The smallest absolute Gasteiger partial charge is 0.423 e. The van der Waals surface area contributed by atoms with Crippen molar-refractivity contribution < 1.29 is 14.8 Å². The highest BCUT2D eigenvalue weighted by Gasteiger charge is 2.26. The van der Waals surface area contributed by atoms with E-state index in [-0.39, 0.29) is 5.91 Å². The van der Waals surface area contributed by atoms with E-state index >= 15 is 0 Å². The van der Waals surface area contributed by atoms with Gasteiger partial charge in [0.1, 0.15) is 5.69 Å². The third kappa shape index (κ3) is 3.56. The standard InChI is InChI=1S/C21H24BN3O3/c23-13-14-3-1-4-16(11-14)15-7-9-25(10-8-15)21(26)20-12-17-18(22(27)28)5-2-6-19(17)24-20/h1-6,11-12,15,24,27-28H,7-10,13,23H2. The lowest BCUT2D eigenvalue weighted by Gasteiger charge is -2.32.